The average Bonchev–Trinajstić information content (AvgIpc) is 2.36. The average molecular weight is 355 g/mol. The molecule has 0 unspecified atom stereocenters. The van der Waals surface area contributed by atoms with E-state index in [1.165, 1.54) is 6.07 Å². The van der Waals surface area contributed by atoms with Crippen molar-refractivity contribution in [1.82, 2.24) is 5.32 Å². The first-order chi connectivity index (χ1) is 9.77. The van der Waals surface area contributed by atoms with Crippen LogP contribution in [0.3, 0.4) is 0 Å². The summed E-state index contributed by atoms with van der Waals surface area (Å²) < 4.78 is 27.6. The van der Waals surface area contributed by atoms with Gasteiger partial charge in [0, 0.05) is 20.3 Å². The van der Waals surface area contributed by atoms with Gasteiger partial charge in [-0.05, 0) is 25.0 Å². The third-order valence-corrected chi connectivity index (χ3v) is 4.32. The van der Waals surface area contributed by atoms with Gasteiger partial charge in [0.15, 0.2) is 0 Å². The minimum Gasteiger partial charge on any atom is -0.385 e. The van der Waals surface area contributed by atoms with Crippen molar-refractivity contribution >= 4 is 39.1 Å². The van der Waals surface area contributed by atoms with E-state index in [1.807, 2.05) is 0 Å². The quantitative estimate of drug-likeness (QED) is 0.729. The Kier molecular flexibility index (Phi) is 6.89. The molecular formula is C12H16Cl2N2O4S. The van der Waals surface area contributed by atoms with E-state index in [0.29, 0.717) is 13.2 Å². The fourth-order valence-corrected chi connectivity index (χ4v) is 2.99. The lowest BCUT2D eigenvalue weighted by Gasteiger charge is -2.09. The number of unbranched alkanes of at least 4 members (excludes halogenated alkanes) is 1. The van der Waals surface area contributed by atoms with Crippen LogP contribution in [0.25, 0.3) is 0 Å². The summed E-state index contributed by atoms with van der Waals surface area (Å²) in [6.45, 7) is 1.03. The molecule has 0 saturated heterocycles. The molecule has 118 valence electrons. The smallest absolute Gasteiger partial charge is 0.252 e. The van der Waals surface area contributed by atoms with Crippen molar-refractivity contribution in [1.29, 1.82) is 0 Å². The Morgan fingerprint density at radius 2 is 1.95 bits per heavy atom. The summed E-state index contributed by atoms with van der Waals surface area (Å²) in [7, 11) is -2.43. The molecule has 1 aromatic carbocycles. The largest absolute Gasteiger partial charge is 0.385 e. The van der Waals surface area contributed by atoms with E-state index < -0.39 is 15.9 Å². The summed E-state index contributed by atoms with van der Waals surface area (Å²) in [6.07, 6.45) is 1.53. The fourth-order valence-electron chi connectivity index (χ4n) is 1.59. The van der Waals surface area contributed by atoms with Crippen molar-refractivity contribution in [2.45, 2.75) is 17.7 Å². The molecular weight excluding hydrogens is 339 g/mol. The maximum absolute atomic E-state index is 12.0. The van der Waals surface area contributed by atoms with Crippen LogP contribution < -0.4 is 10.5 Å². The lowest BCUT2D eigenvalue weighted by Crippen LogP contribution is -2.25. The van der Waals surface area contributed by atoms with E-state index in [0.717, 1.165) is 18.9 Å². The van der Waals surface area contributed by atoms with Crippen LogP contribution in [0.1, 0.15) is 23.2 Å². The number of ether oxygens (including phenoxy) is 1. The minimum absolute atomic E-state index is 0.0110. The van der Waals surface area contributed by atoms with Crippen LogP contribution in [-0.2, 0) is 14.8 Å². The van der Waals surface area contributed by atoms with E-state index in [9.17, 15) is 13.2 Å². The molecule has 1 aromatic rings. The van der Waals surface area contributed by atoms with Crippen molar-refractivity contribution in [3.8, 4) is 0 Å². The highest BCUT2D eigenvalue weighted by atomic mass is 35.5. The van der Waals surface area contributed by atoms with Gasteiger partial charge >= 0.3 is 0 Å². The van der Waals surface area contributed by atoms with Gasteiger partial charge in [0.25, 0.3) is 5.91 Å². The number of benzene rings is 1. The Bertz CT molecular complexity index is 620. The first kappa shape index (κ1) is 18.2. The number of sulfonamides is 1. The highest BCUT2D eigenvalue weighted by molar-refractivity contribution is 7.89. The Labute approximate surface area is 133 Å². The molecule has 0 saturated carbocycles. The first-order valence-electron chi connectivity index (χ1n) is 6.06. The van der Waals surface area contributed by atoms with Gasteiger partial charge in [-0.2, -0.15) is 0 Å². The number of halogens is 2. The normalized spacial score (nSPS) is 11.4. The maximum atomic E-state index is 12.0. The van der Waals surface area contributed by atoms with Gasteiger partial charge in [0.2, 0.25) is 10.0 Å². The van der Waals surface area contributed by atoms with Crippen LogP contribution in [-0.4, -0.2) is 34.6 Å². The standard InChI is InChI=1S/C12H16Cl2N2O4S/c1-20-5-3-2-4-16-12(17)8-6-11(21(15,18)19)10(14)7-9(8)13/h6-7H,2-5H2,1H3,(H,16,17)(H2,15,18,19). The number of carbonyl (C=O) groups excluding carboxylic acids is 1. The lowest BCUT2D eigenvalue weighted by molar-refractivity contribution is 0.0951. The summed E-state index contributed by atoms with van der Waals surface area (Å²) in [5, 5.41) is 7.60. The molecule has 1 amide bonds. The Morgan fingerprint density at radius 3 is 2.52 bits per heavy atom. The molecule has 1 rings (SSSR count). The fraction of sp³-hybridized carbons (Fsp3) is 0.417. The van der Waals surface area contributed by atoms with Crippen molar-refractivity contribution in [3.63, 3.8) is 0 Å². The number of nitrogens with two attached hydrogens (primary N) is 1. The highest BCUT2D eigenvalue weighted by Gasteiger charge is 2.19. The number of hydrogen-bond acceptors (Lipinski definition) is 4. The van der Waals surface area contributed by atoms with Crippen LogP contribution in [0.5, 0.6) is 0 Å². The van der Waals surface area contributed by atoms with Crippen molar-refractivity contribution in [3.05, 3.63) is 27.7 Å². The van der Waals surface area contributed by atoms with Gasteiger partial charge in [-0.15, -0.1) is 0 Å². The molecule has 21 heavy (non-hydrogen) atoms. The molecule has 0 aliphatic heterocycles. The van der Waals surface area contributed by atoms with Crippen LogP contribution in [0, 0.1) is 0 Å². The molecule has 9 heteroatoms. The van der Waals surface area contributed by atoms with Crippen LogP contribution in [0.15, 0.2) is 17.0 Å². The van der Waals surface area contributed by atoms with E-state index in [2.05, 4.69) is 5.32 Å². The van der Waals surface area contributed by atoms with Crippen molar-refractivity contribution < 1.29 is 17.9 Å². The maximum Gasteiger partial charge on any atom is 0.252 e. The predicted molar refractivity (Wildman–Crippen MR) is 81.3 cm³/mol. The molecule has 0 heterocycles. The number of primary sulfonamides is 1. The van der Waals surface area contributed by atoms with Crippen molar-refractivity contribution in [2.24, 2.45) is 5.14 Å². The summed E-state index contributed by atoms with van der Waals surface area (Å²) in [5.41, 5.74) is 0.0110. The summed E-state index contributed by atoms with van der Waals surface area (Å²) in [6, 6.07) is 2.26. The van der Waals surface area contributed by atoms with E-state index in [1.54, 1.807) is 7.11 Å². The van der Waals surface area contributed by atoms with Crippen molar-refractivity contribution in [2.75, 3.05) is 20.3 Å². The number of rotatable bonds is 7. The number of amides is 1. The second kappa shape index (κ2) is 7.95. The Balaban J connectivity index is 2.85. The molecule has 0 atom stereocenters. The number of hydrogen-bond donors (Lipinski definition) is 2. The Morgan fingerprint density at radius 1 is 1.29 bits per heavy atom. The summed E-state index contributed by atoms with van der Waals surface area (Å²) in [4.78, 5) is 11.6. The molecule has 0 fully saturated rings. The molecule has 0 aliphatic rings. The van der Waals surface area contributed by atoms with Gasteiger partial charge in [-0.3, -0.25) is 4.79 Å². The van der Waals surface area contributed by atoms with Gasteiger partial charge in [-0.1, -0.05) is 23.2 Å². The van der Waals surface area contributed by atoms with E-state index in [-0.39, 0.29) is 20.5 Å². The van der Waals surface area contributed by atoms with Crippen LogP contribution >= 0.6 is 23.2 Å². The van der Waals surface area contributed by atoms with Crippen LogP contribution in [0.4, 0.5) is 0 Å². The van der Waals surface area contributed by atoms with Gasteiger partial charge in [0.1, 0.15) is 4.90 Å². The zero-order valence-electron chi connectivity index (χ0n) is 11.4. The first-order valence-corrected chi connectivity index (χ1v) is 8.36. The monoisotopic (exact) mass is 354 g/mol. The second-order valence-corrected chi connectivity index (χ2v) is 6.61. The zero-order chi connectivity index (χ0) is 16.0. The van der Waals surface area contributed by atoms with Gasteiger partial charge < -0.3 is 10.1 Å². The molecule has 0 radical (unpaired) electrons. The Hall–Kier alpha value is -0.860. The molecule has 6 nitrogen and oxygen atoms in total. The van der Waals surface area contributed by atoms with Crippen LogP contribution in [0.2, 0.25) is 10.0 Å². The third-order valence-electron chi connectivity index (χ3n) is 2.63. The number of methoxy groups -OCH3 is 1. The molecule has 0 aromatic heterocycles. The van der Waals surface area contributed by atoms with Gasteiger partial charge in [0.05, 0.1) is 15.6 Å². The molecule has 0 spiro atoms. The zero-order valence-corrected chi connectivity index (χ0v) is 13.7. The third kappa shape index (κ3) is 5.44. The SMILES string of the molecule is COCCCCNC(=O)c1cc(S(N)(=O)=O)c(Cl)cc1Cl. The predicted octanol–water partition coefficient (Wildman–Crippen LogP) is 1.80. The molecule has 0 bridgehead atoms. The number of nitrogens with one attached hydrogen (secondary N) is 1. The summed E-state index contributed by atoms with van der Waals surface area (Å²) in [5.74, 6) is -0.487. The highest BCUT2D eigenvalue weighted by Crippen LogP contribution is 2.27. The van der Waals surface area contributed by atoms with E-state index in [4.69, 9.17) is 33.1 Å². The minimum atomic E-state index is -4.03. The van der Waals surface area contributed by atoms with E-state index >= 15 is 0 Å². The topological polar surface area (TPSA) is 98.5 Å². The summed E-state index contributed by atoms with van der Waals surface area (Å²) >= 11 is 11.7. The molecule has 0 aliphatic carbocycles. The second-order valence-electron chi connectivity index (χ2n) is 4.26. The lowest BCUT2D eigenvalue weighted by atomic mass is 10.2. The van der Waals surface area contributed by atoms with Gasteiger partial charge in [-0.25, -0.2) is 13.6 Å². The molecule has 3 N–H and O–H groups in total. The number of carbonyl (C=O) groups is 1.